The number of hydrogen-bond acceptors (Lipinski definition) is 3. The molecule has 0 aromatic rings. The third kappa shape index (κ3) is 0.877. The fourth-order valence-corrected chi connectivity index (χ4v) is 0.871. The van der Waals surface area contributed by atoms with Crippen LogP contribution in [0.2, 0.25) is 0 Å². The Balaban J connectivity index is 2.41. The summed E-state index contributed by atoms with van der Waals surface area (Å²) in [6, 6.07) is -0.352. The van der Waals surface area contributed by atoms with Crippen LogP contribution >= 0.6 is 0 Å². The van der Waals surface area contributed by atoms with Crippen LogP contribution in [0.5, 0.6) is 0 Å². The minimum atomic E-state index is -0.352. The van der Waals surface area contributed by atoms with E-state index in [1.54, 1.807) is 6.29 Å². The average molecular weight is 114 g/mol. The van der Waals surface area contributed by atoms with Gasteiger partial charge in [-0.15, -0.1) is 0 Å². The molecule has 1 heterocycles. The molecule has 1 unspecified atom stereocenters. The Morgan fingerprint density at radius 3 is 2.75 bits per heavy atom. The van der Waals surface area contributed by atoms with E-state index < -0.39 is 0 Å². The predicted molar refractivity (Wildman–Crippen MR) is 27.2 cm³/mol. The summed E-state index contributed by atoms with van der Waals surface area (Å²) >= 11 is 0. The fourth-order valence-electron chi connectivity index (χ4n) is 0.871. The Kier molecular flexibility index (Phi) is 1.60. The molecule has 45 valence electrons. The van der Waals surface area contributed by atoms with Crippen molar-refractivity contribution in [2.24, 2.45) is 0 Å². The first kappa shape index (κ1) is 5.72. The van der Waals surface area contributed by atoms with Gasteiger partial charge in [0.05, 0.1) is 0 Å². The lowest BCUT2D eigenvalue weighted by atomic mass is 10.2. The normalized spacial score (nSPS) is 30.9. The molecule has 1 N–H and O–H groups in total. The zero-order chi connectivity index (χ0) is 5.98. The second kappa shape index (κ2) is 2.24. The van der Waals surface area contributed by atoms with Crippen molar-refractivity contribution in [2.75, 3.05) is 6.54 Å². The molecule has 1 atom stereocenters. The quantitative estimate of drug-likeness (QED) is 0.519. The molecule has 1 saturated heterocycles. The van der Waals surface area contributed by atoms with E-state index in [0.29, 0.717) is 6.54 Å². The summed E-state index contributed by atoms with van der Waals surface area (Å²) in [5.41, 5.74) is 0. The van der Waals surface area contributed by atoms with Crippen molar-refractivity contribution in [1.82, 2.24) is 5.06 Å². The van der Waals surface area contributed by atoms with Gasteiger partial charge in [0.25, 0.3) is 0 Å². The highest BCUT2D eigenvalue weighted by Crippen LogP contribution is 2.11. The van der Waals surface area contributed by atoms with Crippen molar-refractivity contribution < 1.29 is 10.0 Å². The average Bonchev–Trinajstić information content (AvgIpc) is 2.14. The van der Waals surface area contributed by atoms with Gasteiger partial charge < -0.3 is 5.21 Å². The molecule has 1 aliphatic rings. The number of rotatable bonds is 1. The van der Waals surface area contributed by atoms with Gasteiger partial charge in [-0.25, -0.2) is 0 Å². The van der Waals surface area contributed by atoms with Gasteiger partial charge in [-0.1, -0.05) is 0 Å². The summed E-state index contributed by atoms with van der Waals surface area (Å²) in [4.78, 5) is 9.89. The van der Waals surface area contributed by atoms with Crippen LogP contribution < -0.4 is 0 Å². The summed E-state index contributed by atoms with van der Waals surface area (Å²) in [6.07, 6.45) is 3.39. The molecule has 3 nitrogen and oxygen atoms in total. The summed E-state index contributed by atoms with van der Waals surface area (Å²) < 4.78 is 0. The molecule has 1 fully saturated rings. The molecule has 0 bridgehead atoms. The van der Waals surface area contributed by atoms with Crippen molar-refractivity contribution >= 4 is 6.29 Å². The van der Waals surface area contributed by atoms with E-state index in [4.69, 9.17) is 5.21 Å². The maximum atomic E-state index is 9.89. The first-order chi connectivity index (χ1) is 3.84. The fraction of sp³-hybridized carbons (Fsp3) is 0.800. The van der Waals surface area contributed by atoms with Crippen LogP contribution in [0, 0.1) is 0 Å². The van der Waals surface area contributed by atoms with E-state index in [2.05, 4.69) is 0 Å². The van der Waals surface area contributed by atoms with Gasteiger partial charge in [-0.05, 0) is 12.8 Å². The topological polar surface area (TPSA) is 40.5 Å². The lowest BCUT2D eigenvalue weighted by Gasteiger charge is -2.07. The minimum absolute atomic E-state index is 0.352. The van der Waals surface area contributed by atoms with Gasteiger partial charge in [0.2, 0.25) is 6.29 Å². The Labute approximate surface area is 47.9 Å². The Hall–Kier alpha value is -0.410. The minimum Gasteiger partial charge on any atom is -0.313 e. The lowest BCUT2D eigenvalue weighted by molar-refractivity contribution is -0.0842. The van der Waals surface area contributed by atoms with E-state index in [1.807, 2.05) is 0 Å². The van der Waals surface area contributed by atoms with Crippen LogP contribution in [0.25, 0.3) is 0 Å². The van der Waals surface area contributed by atoms with Gasteiger partial charge in [-0.2, -0.15) is 5.06 Å². The van der Waals surface area contributed by atoms with Gasteiger partial charge in [0.1, 0.15) is 6.04 Å². The van der Waals surface area contributed by atoms with Crippen molar-refractivity contribution in [1.29, 1.82) is 0 Å². The molecule has 8 heavy (non-hydrogen) atoms. The number of hydrogen-bond donors (Lipinski definition) is 1. The second-order valence-corrected chi connectivity index (χ2v) is 1.94. The Morgan fingerprint density at radius 2 is 2.50 bits per heavy atom. The van der Waals surface area contributed by atoms with Crippen LogP contribution in [0.1, 0.15) is 12.8 Å². The van der Waals surface area contributed by atoms with Crippen molar-refractivity contribution in [3.8, 4) is 0 Å². The molecule has 0 spiro atoms. The van der Waals surface area contributed by atoms with Crippen LogP contribution in [-0.2, 0) is 4.79 Å². The third-order valence-electron chi connectivity index (χ3n) is 1.36. The zero-order valence-corrected chi connectivity index (χ0v) is 4.50. The van der Waals surface area contributed by atoms with E-state index in [9.17, 15) is 4.79 Å². The van der Waals surface area contributed by atoms with E-state index in [-0.39, 0.29) is 6.04 Å². The molecule has 0 amide bonds. The number of carbonyl (C=O) groups excluding carboxylic acids is 1. The Morgan fingerprint density at radius 1 is 1.75 bits per heavy atom. The van der Waals surface area contributed by atoms with Crippen LogP contribution in [0.15, 0.2) is 0 Å². The lowest BCUT2D eigenvalue weighted by Crippen LogP contribution is -2.26. The Bertz CT molecular complexity index is 94.4. The zero-order valence-electron chi connectivity index (χ0n) is 4.50. The molecule has 1 radical (unpaired) electrons. The molecular weight excluding hydrogens is 106 g/mol. The van der Waals surface area contributed by atoms with E-state index in [0.717, 1.165) is 17.9 Å². The van der Waals surface area contributed by atoms with Crippen molar-refractivity contribution in [3.63, 3.8) is 0 Å². The maximum Gasteiger partial charge on any atom is 0.219 e. The highest BCUT2D eigenvalue weighted by Gasteiger charge is 2.22. The predicted octanol–water partition coefficient (Wildman–Crippen LogP) is -0.0503. The third-order valence-corrected chi connectivity index (χ3v) is 1.36. The van der Waals surface area contributed by atoms with Gasteiger partial charge in [0.15, 0.2) is 0 Å². The first-order valence-electron chi connectivity index (χ1n) is 2.68. The second-order valence-electron chi connectivity index (χ2n) is 1.94. The van der Waals surface area contributed by atoms with Crippen LogP contribution in [0.4, 0.5) is 0 Å². The number of hydroxylamine groups is 2. The van der Waals surface area contributed by atoms with Crippen LogP contribution in [0.3, 0.4) is 0 Å². The molecule has 1 aliphatic heterocycles. The van der Waals surface area contributed by atoms with Crippen molar-refractivity contribution in [3.05, 3.63) is 0 Å². The largest absolute Gasteiger partial charge is 0.313 e. The van der Waals surface area contributed by atoms with Gasteiger partial charge >= 0.3 is 0 Å². The highest BCUT2D eigenvalue weighted by molar-refractivity contribution is 5.58. The first-order valence-corrected chi connectivity index (χ1v) is 2.68. The molecule has 0 aliphatic carbocycles. The molecule has 0 aromatic carbocycles. The SMILES string of the molecule is O=[C]C1CCCN1O. The van der Waals surface area contributed by atoms with Gasteiger partial charge in [0, 0.05) is 6.54 Å². The van der Waals surface area contributed by atoms with Crippen molar-refractivity contribution in [2.45, 2.75) is 18.9 Å². The van der Waals surface area contributed by atoms with Gasteiger partial charge in [-0.3, -0.25) is 4.79 Å². The smallest absolute Gasteiger partial charge is 0.219 e. The maximum absolute atomic E-state index is 9.89. The standard InChI is InChI=1S/C5H8NO2/c7-4-5-2-1-3-6(5)8/h5,8H,1-3H2. The molecule has 3 heteroatoms. The molecular formula is C5H8NO2. The molecule has 1 rings (SSSR count). The van der Waals surface area contributed by atoms with Crippen LogP contribution in [-0.4, -0.2) is 29.1 Å². The molecule has 0 aromatic heterocycles. The number of nitrogens with zero attached hydrogens (tertiary/aromatic N) is 1. The summed E-state index contributed by atoms with van der Waals surface area (Å²) in [5, 5.41) is 9.79. The van der Waals surface area contributed by atoms with E-state index >= 15 is 0 Å². The summed E-state index contributed by atoms with van der Waals surface area (Å²) in [6.45, 7) is 0.611. The van der Waals surface area contributed by atoms with E-state index in [1.165, 1.54) is 0 Å². The monoisotopic (exact) mass is 114 g/mol. The summed E-state index contributed by atoms with van der Waals surface area (Å²) in [7, 11) is 0. The summed E-state index contributed by atoms with van der Waals surface area (Å²) in [5.74, 6) is 0. The molecule has 0 saturated carbocycles. The highest BCUT2D eigenvalue weighted by atomic mass is 16.5.